The summed E-state index contributed by atoms with van der Waals surface area (Å²) >= 11 is 0. The van der Waals surface area contributed by atoms with Gasteiger partial charge in [-0.1, -0.05) is 44.5 Å². The number of carbonyl (C=O) groups is 1. The second-order valence-corrected chi connectivity index (χ2v) is 6.97. The van der Waals surface area contributed by atoms with Gasteiger partial charge in [0.25, 0.3) is 5.91 Å². The summed E-state index contributed by atoms with van der Waals surface area (Å²) in [5.41, 5.74) is 5.45. The largest absolute Gasteiger partial charge is 0.346 e. The topological polar surface area (TPSA) is 59.8 Å². The number of amides is 1. The van der Waals surface area contributed by atoms with Crippen molar-refractivity contribution in [1.82, 2.24) is 20.1 Å². The Labute approximate surface area is 160 Å². The van der Waals surface area contributed by atoms with Gasteiger partial charge < -0.3 is 5.32 Å². The van der Waals surface area contributed by atoms with Crippen molar-refractivity contribution in [3.05, 3.63) is 76.9 Å². The molecule has 0 fully saturated rings. The summed E-state index contributed by atoms with van der Waals surface area (Å²) < 4.78 is 1.91. The van der Waals surface area contributed by atoms with Crippen LogP contribution in [0.3, 0.4) is 0 Å². The molecule has 1 N–H and O–H groups in total. The van der Waals surface area contributed by atoms with Crippen molar-refractivity contribution >= 4 is 5.91 Å². The van der Waals surface area contributed by atoms with Crippen molar-refractivity contribution in [2.75, 3.05) is 0 Å². The standard InChI is InChI=1S/C22H26N4O/c1-5-19-20(22(27)24-14-17-8-6-7-13-23-17)21(15(2)3)25-26(19)18-11-9-16(4)10-12-18/h6-13,15H,5,14H2,1-4H3,(H,24,27). The first-order valence-electron chi connectivity index (χ1n) is 9.38. The summed E-state index contributed by atoms with van der Waals surface area (Å²) in [6, 6.07) is 13.9. The lowest BCUT2D eigenvalue weighted by Crippen LogP contribution is -2.25. The van der Waals surface area contributed by atoms with E-state index in [9.17, 15) is 4.79 Å². The van der Waals surface area contributed by atoms with Gasteiger partial charge in [-0.3, -0.25) is 9.78 Å². The molecule has 0 aliphatic rings. The highest BCUT2D eigenvalue weighted by Gasteiger charge is 2.25. The number of nitrogens with zero attached hydrogens (tertiary/aromatic N) is 3. The molecule has 0 saturated carbocycles. The third-order valence-electron chi connectivity index (χ3n) is 4.55. The molecule has 27 heavy (non-hydrogen) atoms. The molecule has 0 bridgehead atoms. The van der Waals surface area contributed by atoms with Gasteiger partial charge in [0.05, 0.1) is 34.9 Å². The zero-order valence-electron chi connectivity index (χ0n) is 16.4. The van der Waals surface area contributed by atoms with Crippen molar-refractivity contribution in [2.24, 2.45) is 0 Å². The molecule has 0 aliphatic heterocycles. The van der Waals surface area contributed by atoms with Crippen LogP contribution in [0.1, 0.15) is 59.7 Å². The molecule has 1 amide bonds. The van der Waals surface area contributed by atoms with E-state index in [1.165, 1.54) is 5.56 Å². The summed E-state index contributed by atoms with van der Waals surface area (Å²) in [5.74, 6) is 0.0529. The van der Waals surface area contributed by atoms with Crippen LogP contribution in [0.5, 0.6) is 0 Å². The van der Waals surface area contributed by atoms with Crippen LogP contribution in [0, 0.1) is 6.92 Å². The number of aryl methyl sites for hydroxylation is 1. The van der Waals surface area contributed by atoms with Gasteiger partial charge in [0.1, 0.15) is 0 Å². The first kappa shape index (κ1) is 18.8. The average Bonchev–Trinajstić information content (AvgIpc) is 3.07. The van der Waals surface area contributed by atoms with Gasteiger partial charge in [0, 0.05) is 6.20 Å². The Bertz CT molecular complexity index is 911. The molecule has 0 unspecified atom stereocenters. The Morgan fingerprint density at radius 2 is 1.89 bits per heavy atom. The lowest BCUT2D eigenvalue weighted by molar-refractivity contribution is 0.0948. The molecule has 1 aromatic carbocycles. The van der Waals surface area contributed by atoms with Gasteiger partial charge in [0.2, 0.25) is 0 Å². The molecule has 2 heterocycles. The molecule has 3 aromatic rings. The monoisotopic (exact) mass is 362 g/mol. The summed E-state index contributed by atoms with van der Waals surface area (Å²) in [4.78, 5) is 17.3. The van der Waals surface area contributed by atoms with Crippen LogP contribution in [0.25, 0.3) is 5.69 Å². The molecule has 0 aliphatic carbocycles. The first-order valence-corrected chi connectivity index (χ1v) is 9.38. The summed E-state index contributed by atoms with van der Waals surface area (Å²) in [6.45, 7) is 8.65. The smallest absolute Gasteiger partial charge is 0.255 e. The van der Waals surface area contributed by atoms with Crippen LogP contribution in [0.2, 0.25) is 0 Å². The normalized spacial score (nSPS) is 11.0. The van der Waals surface area contributed by atoms with Gasteiger partial charge in [-0.15, -0.1) is 0 Å². The fraction of sp³-hybridized carbons (Fsp3) is 0.318. The maximum absolute atomic E-state index is 13.0. The van der Waals surface area contributed by atoms with E-state index in [1.54, 1.807) is 6.20 Å². The second-order valence-electron chi connectivity index (χ2n) is 6.97. The summed E-state index contributed by atoms with van der Waals surface area (Å²) in [5, 5.41) is 7.80. The predicted molar refractivity (Wildman–Crippen MR) is 107 cm³/mol. The van der Waals surface area contributed by atoms with Gasteiger partial charge in [0.15, 0.2) is 0 Å². The number of carbonyl (C=O) groups excluding carboxylic acids is 1. The summed E-state index contributed by atoms with van der Waals surface area (Å²) in [7, 11) is 0. The SMILES string of the molecule is CCc1c(C(=O)NCc2ccccn2)c(C(C)C)nn1-c1ccc(C)cc1. The molecule has 0 spiro atoms. The van der Waals surface area contributed by atoms with Crippen LogP contribution in [-0.2, 0) is 13.0 Å². The quantitative estimate of drug-likeness (QED) is 0.715. The van der Waals surface area contributed by atoms with Crippen molar-refractivity contribution in [1.29, 1.82) is 0 Å². The van der Waals surface area contributed by atoms with E-state index < -0.39 is 0 Å². The van der Waals surface area contributed by atoms with Crippen molar-refractivity contribution in [3.63, 3.8) is 0 Å². The van der Waals surface area contributed by atoms with E-state index in [-0.39, 0.29) is 11.8 Å². The van der Waals surface area contributed by atoms with Crippen LogP contribution in [-0.4, -0.2) is 20.7 Å². The fourth-order valence-electron chi connectivity index (χ4n) is 3.11. The van der Waals surface area contributed by atoms with Gasteiger partial charge in [-0.05, 0) is 43.5 Å². The highest BCUT2D eigenvalue weighted by atomic mass is 16.1. The zero-order chi connectivity index (χ0) is 19.4. The number of pyridine rings is 1. The Morgan fingerprint density at radius 3 is 2.48 bits per heavy atom. The lowest BCUT2D eigenvalue weighted by atomic mass is 10.0. The third kappa shape index (κ3) is 4.08. The van der Waals surface area contributed by atoms with Crippen LogP contribution in [0.4, 0.5) is 0 Å². The third-order valence-corrected chi connectivity index (χ3v) is 4.55. The fourth-order valence-corrected chi connectivity index (χ4v) is 3.11. The molecule has 140 valence electrons. The highest BCUT2D eigenvalue weighted by molar-refractivity contribution is 5.96. The molecular formula is C22H26N4O. The minimum absolute atomic E-state index is 0.0976. The van der Waals surface area contributed by atoms with Gasteiger partial charge in [-0.25, -0.2) is 4.68 Å². The first-order chi connectivity index (χ1) is 13.0. The molecule has 5 heteroatoms. The van der Waals surface area contributed by atoms with E-state index in [0.29, 0.717) is 12.1 Å². The molecule has 5 nitrogen and oxygen atoms in total. The Kier molecular flexibility index (Phi) is 5.69. The van der Waals surface area contributed by atoms with E-state index in [2.05, 4.69) is 50.1 Å². The maximum atomic E-state index is 13.0. The number of nitrogens with one attached hydrogen (secondary N) is 1. The molecule has 0 saturated heterocycles. The van der Waals surface area contributed by atoms with E-state index in [0.717, 1.165) is 29.2 Å². The van der Waals surface area contributed by atoms with Crippen molar-refractivity contribution in [3.8, 4) is 5.69 Å². The van der Waals surface area contributed by atoms with E-state index in [1.807, 2.05) is 35.0 Å². The molecular weight excluding hydrogens is 336 g/mol. The lowest BCUT2D eigenvalue weighted by Gasteiger charge is -2.10. The number of hydrogen-bond donors (Lipinski definition) is 1. The van der Waals surface area contributed by atoms with Crippen molar-refractivity contribution in [2.45, 2.75) is 46.6 Å². The molecule has 2 aromatic heterocycles. The van der Waals surface area contributed by atoms with Gasteiger partial charge >= 0.3 is 0 Å². The number of benzene rings is 1. The van der Waals surface area contributed by atoms with E-state index >= 15 is 0 Å². The van der Waals surface area contributed by atoms with Crippen LogP contribution < -0.4 is 5.32 Å². The Balaban J connectivity index is 1.97. The van der Waals surface area contributed by atoms with Gasteiger partial charge in [-0.2, -0.15) is 5.10 Å². The second kappa shape index (κ2) is 8.16. The average molecular weight is 362 g/mol. The Hall–Kier alpha value is -2.95. The maximum Gasteiger partial charge on any atom is 0.255 e. The molecule has 0 atom stereocenters. The van der Waals surface area contributed by atoms with E-state index in [4.69, 9.17) is 5.10 Å². The predicted octanol–water partition coefficient (Wildman–Crippen LogP) is 4.19. The van der Waals surface area contributed by atoms with Crippen molar-refractivity contribution < 1.29 is 4.79 Å². The summed E-state index contributed by atoms with van der Waals surface area (Å²) in [6.07, 6.45) is 2.45. The Morgan fingerprint density at radius 1 is 1.15 bits per heavy atom. The minimum Gasteiger partial charge on any atom is -0.346 e. The number of hydrogen-bond acceptors (Lipinski definition) is 3. The highest BCUT2D eigenvalue weighted by Crippen LogP contribution is 2.25. The van der Waals surface area contributed by atoms with Crippen LogP contribution >= 0.6 is 0 Å². The number of rotatable bonds is 6. The molecule has 3 rings (SSSR count). The minimum atomic E-state index is -0.0976. The van der Waals surface area contributed by atoms with Crippen LogP contribution in [0.15, 0.2) is 48.7 Å². The number of aromatic nitrogens is 3. The zero-order valence-corrected chi connectivity index (χ0v) is 16.4. The molecule has 0 radical (unpaired) electrons.